The van der Waals surface area contributed by atoms with Crippen molar-refractivity contribution in [2.75, 3.05) is 19.1 Å². The molecule has 2 aliphatic heterocycles. The third kappa shape index (κ3) is 4.58. The predicted octanol–water partition coefficient (Wildman–Crippen LogP) is 6.49. The molecule has 0 spiro atoms. The van der Waals surface area contributed by atoms with Gasteiger partial charge in [0.25, 0.3) is 0 Å². The molecule has 1 aromatic heterocycles. The number of allylic oxidation sites excluding steroid dienone is 2. The third-order valence-corrected chi connectivity index (χ3v) is 12.1. The van der Waals surface area contributed by atoms with Crippen LogP contribution in [0, 0.1) is 23.7 Å². The molecule has 1 N–H and O–H groups in total. The van der Waals surface area contributed by atoms with E-state index in [0.717, 1.165) is 10.5 Å². The van der Waals surface area contributed by atoms with Crippen LogP contribution in [0.1, 0.15) is 34.8 Å². The SMILES string of the molecule is COc1cc(O)c(C2C3=CCC4C(=O)N(Cc5cccs5)C(=O)C4C3CC3C(=O)N(c4cccc(Cl)c4)C(=O)C32c2ccccc2)c(OC)c1. The highest BCUT2D eigenvalue weighted by Gasteiger charge is 2.71. The summed E-state index contributed by atoms with van der Waals surface area (Å²) in [4.78, 5) is 62.0. The van der Waals surface area contributed by atoms with Crippen LogP contribution in [0.5, 0.6) is 17.2 Å². The van der Waals surface area contributed by atoms with Gasteiger partial charge in [0.2, 0.25) is 23.6 Å². The zero-order chi connectivity index (χ0) is 34.9. The molecule has 6 unspecified atom stereocenters. The summed E-state index contributed by atoms with van der Waals surface area (Å²) in [7, 11) is 2.94. The van der Waals surface area contributed by atoms with Gasteiger partial charge in [-0.25, -0.2) is 4.90 Å². The molecular weight excluding hydrogens is 676 g/mol. The van der Waals surface area contributed by atoms with Crippen molar-refractivity contribution in [3.05, 3.63) is 117 Å². The summed E-state index contributed by atoms with van der Waals surface area (Å²) in [6.45, 7) is 0.179. The molecule has 9 nitrogen and oxygen atoms in total. The second-order valence-electron chi connectivity index (χ2n) is 13.2. The zero-order valence-electron chi connectivity index (χ0n) is 27.2. The molecule has 8 rings (SSSR count). The summed E-state index contributed by atoms with van der Waals surface area (Å²) in [5.41, 5.74) is 0.379. The van der Waals surface area contributed by atoms with Gasteiger partial charge in [-0.1, -0.05) is 65.7 Å². The highest BCUT2D eigenvalue weighted by atomic mass is 35.5. The number of rotatable bonds is 7. The number of hydrogen-bond donors (Lipinski definition) is 1. The second-order valence-corrected chi connectivity index (χ2v) is 14.7. The van der Waals surface area contributed by atoms with Gasteiger partial charge in [0.1, 0.15) is 17.2 Å². The van der Waals surface area contributed by atoms with Gasteiger partial charge in [-0.05, 0) is 54.0 Å². The maximum atomic E-state index is 15.4. The molecule has 0 radical (unpaired) electrons. The number of halogens is 1. The molecule has 1 saturated carbocycles. The summed E-state index contributed by atoms with van der Waals surface area (Å²) in [6, 6.07) is 22.6. The van der Waals surface area contributed by atoms with Crippen LogP contribution < -0.4 is 14.4 Å². The Morgan fingerprint density at radius 1 is 0.900 bits per heavy atom. The lowest BCUT2D eigenvalue weighted by molar-refractivity contribution is -0.141. The van der Waals surface area contributed by atoms with Gasteiger partial charge >= 0.3 is 0 Å². The Kier molecular flexibility index (Phi) is 7.84. The molecule has 3 aromatic carbocycles. The maximum absolute atomic E-state index is 15.4. The maximum Gasteiger partial charge on any atom is 0.246 e. The Morgan fingerprint density at radius 2 is 1.70 bits per heavy atom. The van der Waals surface area contributed by atoms with Gasteiger partial charge in [0, 0.05) is 33.5 Å². The van der Waals surface area contributed by atoms with Crippen LogP contribution in [0.3, 0.4) is 0 Å². The Morgan fingerprint density at radius 3 is 2.40 bits per heavy atom. The quantitative estimate of drug-likeness (QED) is 0.173. The molecule has 3 fully saturated rings. The first-order valence-corrected chi connectivity index (χ1v) is 17.7. The number of anilines is 1. The fourth-order valence-corrected chi connectivity index (χ4v) is 9.88. The van der Waals surface area contributed by atoms with Gasteiger partial charge in [-0.3, -0.25) is 24.1 Å². The number of carbonyl (C=O) groups excluding carboxylic acids is 4. The zero-order valence-corrected chi connectivity index (χ0v) is 28.8. The van der Waals surface area contributed by atoms with Crippen molar-refractivity contribution in [1.82, 2.24) is 4.90 Å². The van der Waals surface area contributed by atoms with Gasteiger partial charge in [0.15, 0.2) is 0 Å². The first-order chi connectivity index (χ1) is 24.2. The van der Waals surface area contributed by atoms with Crippen molar-refractivity contribution in [1.29, 1.82) is 0 Å². The summed E-state index contributed by atoms with van der Waals surface area (Å²) in [5.74, 6) is -4.86. The number of phenolic OH excluding ortho intramolecular Hbond substituents is 1. The van der Waals surface area contributed by atoms with Crippen LogP contribution in [0.15, 0.2) is 95.9 Å². The van der Waals surface area contributed by atoms with Gasteiger partial charge in [-0.15, -0.1) is 11.3 Å². The number of likely N-dealkylation sites (tertiary alicyclic amines) is 1. The fraction of sp³-hybridized carbons (Fsp3) is 0.282. The number of imide groups is 2. The van der Waals surface area contributed by atoms with E-state index in [2.05, 4.69) is 0 Å². The van der Waals surface area contributed by atoms with Crippen molar-refractivity contribution < 1.29 is 33.8 Å². The van der Waals surface area contributed by atoms with Crippen molar-refractivity contribution in [2.24, 2.45) is 23.7 Å². The van der Waals surface area contributed by atoms with Crippen molar-refractivity contribution >= 4 is 52.3 Å². The smallest absolute Gasteiger partial charge is 0.246 e. The van der Waals surface area contributed by atoms with Gasteiger partial charge < -0.3 is 14.6 Å². The number of fused-ring (bicyclic) bond motifs is 4. The summed E-state index contributed by atoms with van der Waals surface area (Å²) >= 11 is 7.88. The van der Waals surface area contributed by atoms with Crippen molar-refractivity contribution in [3.63, 3.8) is 0 Å². The van der Waals surface area contributed by atoms with E-state index < -0.39 is 46.8 Å². The molecule has 2 saturated heterocycles. The van der Waals surface area contributed by atoms with Crippen LogP contribution in [0.2, 0.25) is 5.02 Å². The lowest BCUT2D eigenvalue weighted by atomic mass is 9.49. The Labute approximate surface area is 297 Å². The highest BCUT2D eigenvalue weighted by Crippen LogP contribution is 2.66. The number of benzene rings is 3. The van der Waals surface area contributed by atoms with Crippen LogP contribution in [-0.4, -0.2) is 47.9 Å². The Hall–Kier alpha value is -4.93. The number of nitrogens with zero attached hydrogens (tertiary/aromatic N) is 2. The molecule has 254 valence electrons. The standard InChI is InChI=1S/C39H33ClN2O7S/c1-48-24-17-30(43)33(31(18-24)49-2)34-26-13-14-27-32(37(46)41(35(27)44)20-25-12-7-15-50-25)28(26)19-29-36(45)42(23-11-6-10-22(40)16-23)38(47)39(29,34)21-8-4-3-5-9-21/h3-13,15-18,27-29,32,34,43H,14,19-20H2,1-2H3. The van der Waals surface area contributed by atoms with E-state index in [9.17, 15) is 19.5 Å². The molecule has 4 amide bonds. The highest BCUT2D eigenvalue weighted by molar-refractivity contribution is 7.09. The Bertz CT molecular complexity index is 2080. The van der Waals surface area contributed by atoms with E-state index in [1.807, 2.05) is 53.9 Å². The minimum absolute atomic E-state index is 0.144. The van der Waals surface area contributed by atoms with Gasteiger partial charge in [-0.2, -0.15) is 0 Å². The van der Waals surface area contributed by atoms with E-state index in [1.165, 1.54) is 41.4 Å². The number of ether oxygens (including phenoxy) is 2. The minimum Gasteiger partial charge on any atom is -0.507 e. The average Bonchev–Trinajstić information content (AvgIpc) is 3.79. The lowest BCUT2D eigenvalue weighted by Gasteiger charge is -2.51. The molecule has 4 aromatic rings. The van der Waals surface area contributed by atoms with E-state index >= 15 is 4.79 Å². The number of aromatic hydroxyl groups is 1. The van der Waals surface area contributed by atoms with Crippen LogP contribution in [-0.2, 0) is 31.1 Å². The summed E-state index contributed by atoms with van der Waals surface area (Å²) < 4.78 is 11.4. The van der Waals surface area contributed by atoms with E-state index in [1.54, 1.807) is 30.3 Å². The van der Waals surface area contributed by atoms with Crippen molar-refractivity contribution in [2.45, 2.75) is 30.7 Å². The predicted molar refractivity (Wildman–Crippen MR) is 187 cm³/mol. The van der Waals surface area contributed by atoms with E-state index in [4.69, 9.17) is 21.1 Å². The molecule has 4 aliphatic rings. The molecule has 2 aliphatic carbocycles. The number of methoxy groups -OCH3 is 2. The molecule has 3 heterocycles. The summed E-state index contributed by atoms with van der Waals surface area (Å²) in [5, 5.41) is 14.1. The van der Waals surface area contributed by atoms with Crippen LogP contribution in [0.4, 0.5) is 5.69 Å². The largest absolute Gasteiger partial charge is 0.507 e. The molecule has 11 heteroatoms. The Balaban J connectivity index is 1.38. The fourth-order valence-electron chi connectivity index (χ4n) is 9.00. The van der Waals surface area contributed by atoms with Crippen molar-refractivity contribution in [3.8, 4) is 17.2 Å². The first-order valence-electron chi connectivity index (χ1n) is 16.4. The first kappa shape index (κ1) is 32.3. The van der Waals surface area contributed by atoms with E-state index in [-0.39, 0.29) is 42.7 Å². The molecule has 0 bridgehead atoms. The molecule has 6 atom stereocenters. The summed E-state index contributed by atoms with van der Waals surface area (Å²) in [6.07, 6.45) is 2.37. The van der Waals surface area contributed by atoms with Crippen LogP contribution >= 0.6 is 22.9 Å². The second kappa shape index (κ2) is 12.1. The van der Waals surface area contributed by atoms with Crippen LogP contribution in [0.25, 0.3) is 0 Å². The van der Waals surface area contributed by atoms with E-state index in [0.29, 0.717) is 27.6 Å². The monoisotopic (exact) mass is 708 g/mol. The number of hydrogen-bond acceptors (Lipinski definition) is 8. The minimum atomic E-state index is -1.56. The number of amides is 4. The topological polar surface area (TPSA) is 113 Å². The normalized spacial score (nSPS) is 27.2. The number of thiophene rings is 1. The number of carbonyl (C=O) groups is 4. The average molecular weight is 709 g/mol. The molecular formula is C39H33ClN2O7S. The van der Waals surface area contributed by atoms with Gasteiger partial charge in [0.05, 0.1) is 49.6 Å². The lowest BCUT2D eigenvalue weighted by Crippen LogP contribution is -2.53. The number of phenols is 1. The third-order valence-electron chi connectivity index (χ3n) is 11.0. The molecule has 50 heavy (non-hydrogen) atoms.